The van der Waals surface area contributed by atoms with E-state index in [1.165, 1.54) is 0 Å². The van der Waals surface area contributed by atoms with Gasteiger partial charge in [0.15, 0.2) is 0 Å². The zero-order valence-electron chi connectivity index (χ0n) is 18.9. The highest BCUT2D eigenvalue weighted by Gasteiger charge is 2.49. The summed E-state index contributed by atoms with van der Waals surface area (Å²) < 4.78 is 0. The average molecular weight is 423 g/mol. The Morgan fingerprint density at radius 2 is 1.61 bits per heavy atom. The van der Waals surface area contributed by atoms with Crippen molar-refractivity contribution in [3.63, 3.8) is 0 Å². The quantitative estimate of drug-likeness (QED) is 0.723. The normalized spacial score (nSPS) is 18.7. The highest BCUT2D eigenvalue weighted by Crippen LogP contribution is 2.31. The minimum atomic E-state index is -1.21. The lowest BCUT2D eigenvalue weighted by molar-refractivity contribution is -0.133. The Bertz CT molecular complexity index is 991. The van der Waals surface area contributed by atoms with Gasteiger partial charge in [-0.1, -0.05) is 45.0 Å². The maximum absolute atomic E-state index is 13.1. The summed E-state index contributed by atoms with van der Waals surface area (Å²) >= 11 is 0. The molecular formula is C24H30N4O3. The van der Waals surface area contributed by atoms with Gasteiger partial charge >= 0.3 is 6.03 Å². The fourth-order valence-corrected chi connectivity index (χ4v) is 3.53. The maximum Gasteiger partial charge on any atom is 0.325 e. The van der Waals surface area contributed by atoms with Crippen LogP contribution in [0.25, 0.3) is 0 Å². The number of rotatable bonds is 5. The number of benzene rings is 2. The molecule has 1 saturated heterocycles. The minimum absolute atomic E-state index is 0.0166. The van der Waals surface area contributed by atoms with Crippen LogP contribution in [0.1, 0.15) is 38.8 Å². The molecule has 0 aliphatic carbocycles. The largest absolute Gasteiger partial charge is 0.378 e. The number of carbonyl (C=O) groups excluding carboxylic acids is 3. The summed E-state index contributed by atoms with van der Waals surface area (Å²) in [5.41, 5.74) is 2.19. The standard InChI is InChI=1S/C24H30N4O3/c1-23(2,3)16-7-9-17(10-8-16)24(4)21(30)28(22(31)26-24)15-20(29)25-18-11-13-19(14-12-18)27(5)6/h7-14H,15H2,1-6H3,(H,25,29)(H,26,31). The summed E-state index contributed by atoms with van der Waals surface area (Å²) in [5.74, 6) is -0.882. The Morgan fingerprint density at radius 1 is 1.03 bits per heavy atom. The topological polar surface area (TPSA) is 81.8 Å². The van der Waals surface area contributed by atoms with Crippen LogP contribution >= 0.6 is 0 Å². The zero-order valence-corrected chi connectivity index (χ0v) is 18.9. The molecule has 4 amide bonds. The van der Waals surface area contributed by atoms with E-state index in [9.17, 15) is 14.4 Å². The molecule has 1 atom stereocenters. The van der Waals surface area contributed by atoms with Crippen molar-refractivity contribution < 1.29 is 14.4 Å². The highest BCUT2D eigenvalue weighted by atomic mass is 16.2. The molecule has 1 fully saturated rings. The van der Waals surface area contributed by atoms with Crippen molar-refractivity contribution in [1.29, 1.82) is 0 Å². The van der Waals surface area contributed by atoms with Crippen LogP contribution in [0.15, 0.2) is 48.5 Å². The molecule has 3 rings (SSSR count). The summed E-state index contributed by atoms with van der Waals surface area (Å²) in [7, 11) is 3.86. The van der Waals surface area contributed by atoms with Gasteiger partial charge in [0.2, 0.25) is 5.91 Å². The van der Waals surface area contributed by atoms with Crippen LogP contribution in [-0.4, -0.2) is 43.4 Å². The van der Waals surface area contributed by atoms with Crippen molar-refractivity contribution >= 4 is 29.2 Å². The van der Waals surface area contributed by atoms with E-state index in [-0.39, 0.29) is 12.0 Å². The van der Waals surface area contributed by atoms with Gasteiger partial charge in [-0.3, -0.25) is 14.5 Å². The molecule has 31 heavy (non-hydrogen) atoms. The SMILES string of the molecule is CN(C)c1ccc(NC(=O)CN2C(=O)NC(C)(c3ccc(C(C)(C)C)cc3)C2=O)cc1. The molecule has 7 nitrogen and oxygen atoms in total. The number of nitrogens with zero attached hydrogens (tertiary/aromatic N) is 2. The molecular weight excluding hydrogens is 392 g/mol. The number of carbonyl (C=O) groups is 3. The second-order valence-electron chi connectivity index (χ2n) is 9.26. The van der Waals surface area contributed by atoms with Gasteiger partial charge in [0.25, 0.3) is 5.91 Å². The Balaban J connectivity index is 1.71. The summed E-state index contributed by atoms with van der Waals surface area (Å²) in [6, 6.07) is 14.4. The first-order valence-electron chi connectivity index (χ1n) is 10.2. The third kappa shape index (κ3) is 4.55. The second-order valence-corrected chi connectivity index (χ2v) is 9.26. The van der Waals surface area contributed by atoms with Gasteiger partial charge in [-0.2, -0.15) is 0 Å². The van der Waals surface area contributed by atoms with Crippen LogP contribution in [0.4, 0.5) is 16.2 Å². The number of anilines is 2. The first-order valence-corrected chi connectivity index (χ1v) is 10.2. The monoisotopic (exact) mass is 422 g/mol. The van der Waals surface area contributed by atoms with E-state index in [2.05, 4.69) is 31.4 Å². The number of urea groups is 1. The van der Waals surface area contributed by atoms with Gasteiger partial charge in [0, 0.05) is 25.5 Å². The molecule has 0 bridgehead atoms. The van der Waals surface area contributed by atoms with Gasteiger partial charge < -0.3 is 15.5 Å². The predicted molar refractivity (Wildman–Crippen MR) is 122 cm³/mol. The lowest BCUT2D eigenvalue weighted by Gasteiger charge is -2.24. The fourth-order valence-electron chi connectivity index (χ4n) is 3.53. The number of hydrogen-bond acceptors (Lipinski definition) is 4. The van der Waals surface area contributed by atoms with Crippen molar-refractivity contribution in [2.24, 2.45) is 0 Å². The Kier molecular flexibility index (Phi) is 5.81. The summed E-state index contributed by atoms with van der Waals surface area (Å²) in [4.78, 5) is 41.0. The summed E-state index contributed by atoms with van der Waals surface area (Å²) in [6.45, 7) is 7.65. The summed E-state index contributed by atoms with van der Waals surface area (Å²) in [5, 5.41) is 5.48. The van der Waals surface area contributed by atoms with Crippen LogP contribution < -0.4 is 15.5 Å². The molecule has 0 radical (unpaired) electrons. The molecule has 1 aliphatic rings. The van der Waals surface area contributed by atoms with Gasteiger partial charge in [0.1, 0.15) is 12.1 Å². The van der Waals surface area contributed by atoms with Crippen molar-refractivity contribution in [3.8, 4) is 0 Å². The highest BCUT2D eigenvalue weighted by molar-refractivity contribution is 6.10. The van der Waals surface area contributed by atoms with Crippen molar-refractivity contribution in [2.45, 2.75) is 38.6 Å². The molecule has 164 valence electrons. The van der Waals surface area contributed by atoms with Crippen LogP contribution in [-0.2, 0) is 20.5 Å². The van der Waals surface area contributed by atoms with E-state index in [1.54, 1.807) is 19.1 Å². The Morgan fingerprint density at radius 3 is 2.13 bits per heavy atom. The van der Waals surface area contributed by atoms with Gasteiger partial charge in [-0.15, -0.1) is 0 Å². The zero-order chi connectivity index (χ0) is 23.0. The lowest BCUT2D eigenvalue weighted by atomic mass is 9.84. The third-order valence-corrected chi connectivity index (χ3v) is 5.57. The van der Waals surface area contributed by atoms with E-state index in [4.69, 9.17) is 0 Å². The second kappa shape index (κ2) is 8.06. The molecule has 0 aromatic heterocycles. The smallest absolute Gasteiger partial charge is 0.325 e. The number of imide groups is 1. The van der Waals surface area contributed by atoms with Crippen LogP contribution in [0.5, 0.6) is 0 Å². The number of nitrogens with one attached hydrogen (secondary N) is 2. The van der Waals surface area contributed by atoms with Gasteiger partial charge in [-0.05, 0) is 47.7 Å². The fraction of sp³-hybridized carbons (Fsp3) is 0.375. The van der Waals surface area contributed by atoms with Gasteiger partial charge in [-0.25, -0.2) is 4.79 Å². The number of hydrogen-bond donors (Lipinski definition) is 2. The molecule has 1 aliphatic heterocycles. The van der Waals surface area contributed by atoms with Crippen molar-refractivity contribution in [3.05, 3.63) is 59.7 Å². The van der Waals surface area contributed by atoms with Crippen molar-refractivity contribution in [2.75, 3.05) is 30.9 Å². The van der Waals surface area contributed by atoms with E-state index in [1.807, 2.05) is 55.4 Å². The van der Waals surface area contributed by atoms with Crippen LogP contribution in [0.3, 0.4) is 0 Å². The van der Waals surface area contributed by atoms with E-state index >= 15 is 0 Å². The molecule has 2 aromatic rings. The Hall–Kier alpha value is -3.35. The lowest BCUT2D eigenvalue weighted by Crippen LogP contribution is -2.42. The van der Waals surface area contributed by atoms with E-state index in [0.717, 1.165) is 16.2 Å². The number of amides is 4. The Labute approximate surface area is 183 Å². The molecule has 0 spiro atoms. The van der Waals surface area contributed by atoms with Crippen molar-refractivity contribution in [1.82, 2.24) is 10.2 Å². The minimum Gasteiger partial charge on any atom is -0.378 e. The first-order chi connectivity index (χ1) is 14.4. The molecule has 2 N–H and O–H groups in total. The first kappa shape index (κ1) is 22.3. The van der Waals surface area contributed by atoms with E-state index in [0.29, 0.717) is 11.3 Å². The molecule has 2 aromatic carbocycles. The summed E-state index contributed by atoms with van der Waals surface area (Å²) in [6.07, 6.45) is 0. The predicted octanol–water partition coefficient (Wildman–Crippen LogP) is 3.46. The molecule has 7 heteroatoms. The maximum atomic E-state index is 13.1. The van der Waals surface area contributed by atoms with Crippen LogP contribution in [0.2, 0.25) is 0 Å². The molecule has 1 heterocycles. The molecule has 0 saturated carbocycles. The average Bonchev–Trinajstić information content (AvgIpc) is 2.92. The molecule has 1 unspecified atom stereocenters. The van der Waals surface area contributed by atoms with E-state index < -0.39 is 23.4 Å². The third-order valence-electron chi connectivity index (χ3n) is 5.57. The van der Waals surface area contributed by atoms with Gasteiger partial charge in [0.05, 0.1) is 0 Å². The van der Waals surface area contributed by atoms with Crippen LogP contribution in [0, 0.1) is 0 Å².